The zero-order valence-corrected chi connectivity index (χ0v) is 14.2. The van der Waals surface area contributed by atoms with E-state index in [-0.39, 0.29) is 5.91 Å². The molecule has 2 fully saturated rings. The summed E-state index contributed by atoms with van der Waals surface area (Å²) >= 11 is 1.72. The minimum absolute atomic E-state index is 0.0626. The van der Waals surface area contributed by atoms with Gasteiger partial charge < -0.3 is 9.88 Å². The smallest absolute Gasteiger partial charge is 0.289 e. The zero-order valence-electron chi connectivity index (χ0n) is 13.4. The van der Waals surface area contributed by atoms with Crippen LogP contribution in [0.3, 0.4) is 0 Å². The van der Waals surface area contributed by atoms with Gasteiger partial charge >= 0.3 is 0 Å². The van der Waals surface area contributed by atoms with Crippen molar-refractivity contribution in [1.82, 2.24) is 30.0 Å². The minimum Gasteiger partial charge on any atom is -0.347 e. The van der Waals surface area contributed by atoms with Crippen molar-refractivity contribution in [3.63, 3.8) is 0 Å². The molecule has 0 radical (unpaired) electrons. The predicted octanol–water partition coefficient (Wildman–Crippen LogP) is 0.931. The largest absolute Gasteiger partial charge is 0.347 e. The Kier molecular flexibility index (Phi) is 3.41. The molecule has 5 rings (SSSR count). The van der Waals surface area contributed by atoms with E-state index in [0.717, 1.165) is 51.3 Å². The molecule has 0 bridgehead atoms. The highest BCUT2D eigenvalue weighted by atomic mass is 32.1. The number of nitrogens with zero attached hydrogens (tertiary/aromatic N) is 5. The van der Waals surface area contributed by atoms with Gasteiger partial charge in [-0.25, -0.2) is 4.98 Å². The average Bonchev–Trinajstić information content (AvgIpc) is 2.99. The van der Waals surface area contributed by atoms with Crippen LogP contribution in [0.5, 0.6) is 0 Å². The average molecular weight is 344 g/mol. The second kappa shape index (κ2) is 5.63. The van der Waals surface area contributed by atoms with E-state index in [1.807, 2.05) is 16.1 Å². The summed E-state index contributed by atoms with van der Waals surface area (Å²) in [4.78, 5) is 19.2. The lowest BCUT2D eigenvalue weighted by Crippen LogP contribution is -2.33. The molecule has 1 saturated carbocycles. The van der Waals surface area contributed by atoms with E-state index in [1.165, 1.54) is 5.01 Å². The normalized spacial score (nSPS) is 26.2. The number of rotatable bonds is 4. The highest BCUT2D eigenvalue weighted by Gasteiger charge is 2.39. The molecule has 0 unspecified atom stereocenters. The molecule has 2 atom stereocenters. The van der Waals surface area contributed by atoms with Crippen LogP contribution in [0.15, 0.2) is 11.6 Å². The summed E-state index contributed by atoms with van der Waals surface area (Å²) in [6.07, 6.45) is 4.96. The molecule has 0 spiro atoms. The van der Waals surface area contributed by atoms with Gasteiger partial charge in [-0.1, -0.05) is 0 Å². The predicted molar refractivity (Wildman–Crippen MR) is 88.6 cm³/mol. The van der Waals surface area contributed by atoms with E-state index in [2.05, 4.69) is 25.4 Å². The molecule has 24 heavy (non-hydrogen) atoms. The molecule has 2 aliphatic heterocycles. The van der Waals surface area contributed by atoms with Gasteiger partial charge in [0.15, 0.2) is 0 Å². The number of carbonyl (C=O) groups excluding carboxylic acids is 1. The first-order chi connectivity index (χ1) is 11.8. The molecule has 1 aliphatic carbocycles. The van der Waals surface area contributed by atoms with Crippen LogP contribution in [0.2, 0.25) is 0 Å². The number of thiazole rings is 1. The second-order valence-corrected chi connectivity index (χ2v) is 8.12. The molecule has 1 N–H and O–H groups in total. The Labute approximate surface area is 144 Å². The molecule has 0 aromatic carbocycles. The summed E-state index contributed by atoms with van der Waals surface area (Å²) in [6, 6.07) is 0.349. The van der Waals surface area contributed by atoms with Gasteiger partial charge in [0.2, 0.25) is 5.82 Å². The van der Waals surface area contributed by atoms with Crippen molar-refractivity contribution in [2.75, 3.05) is 13.1 Å². The van der Waals surface area contributed by atoms with Crippen LogP contribution in [0.4, 0.5) is 0 Å². The lowest BCUT2D eigenvalue weighted by Gasteiger charge is -2.25. The molecule has 126 valence electrons. The molecular weight excluding hydrogens is 324 g/mol. The van der Waals surface area contributed by atoms with E-state index in [0.29, 0.717) is 23.7 Å². The van der Waals surface area contributed by atoms with Crippen LogP contribution in [0, 0.1) is 11.8 Å². The number of hydrogen-bond acceptors (Lipinski definition) is 6. The number of nitrogens with one attached hydrogen (secondary N) is 1. The van der Waals surface area contributed by atoms with Gasteiger partial charge in [-0.2, -0.15) is 0 Å². The van der Waals surface area contributed by atoms with Crippen molar-refractivity contribution >= 4 is 17.2 Å². The lowest BCUT2D eigenvalue weighted by molar-refractivity contribution is 0.0932. The fourth-order valence-corrected chi connectivity index (χ4v) is 4.58. The maximum Gasteiger partial charge on any atom is 0.289 e. The van der Waals surface area contributed by atoms with Crippen molar-refractivity contribution in [3.8, 4) is 0 Å². The van der Waals surface area contributed by atoms with Gasteiger partial charge in [0, 0.05) is 43.7 Å². The van der Waals surface area contributed by atoms with Gasteiger partial charge in [0.05, 0.1) is 6.54 Å². The number of fused-ring (bicyclic) bond motifs is 2. The topological polar surface area (TPSA) is 75.9 Å². The van der Waals surface area contributed by atoms with Crippen molar-refractivity contribution in [3.05, 3.63) is 28.2 Å². The van der Waals surface area contributed by atoms with Crippen LogP contribution < -0.4 is 5.32 Å². The molecule has 2 aromatic rings. The van der Waals surface area contributed by atoms with Crippen molar-refractivity contribution in [1.29, 1.82) is 0 Å². The Balaban J connectivity index is 1.30. The Morgan fingerprint density at radius 2 is 2.12 bits per heavy atom. The van der Waals surface area contributed by atoms with E-state index in [9.17, 15) is 4.79 Å². The SMILES string of the molecule is O=C(NC1CC1)c1nnc2n1C[C@@H]1CN(Cc3nccs3)C[C@H]1C2. The van der Waals surface area contributed by atoms with Gasteiger partial charge in [-0.15, -0.1) is 21.5 Å². The van der Waals surface area contributed by atoms with Crippen LogP contribution in [-0.4, -0.2) is 49.7 Å². The third kappa shape index (κ3) is 2.63. The molecule has 1 saturated heterocycles. The Morgan fingerprint density at radius 1 is 1.25 bits per heavy atom. The second-order valence-electron chi connectivity index (χ2n) is 7.14. The third-order valence-corrected chi connectivity index (χ3v) is 6.06. The summed E-state index contributed by atoms with van der Waals surface area (Å²) in [5.41, 5.74) is 0. The number of hydrogen-bond donors (Lipinski definition) is 1. The molecule has 7 nitrogen and oxygen atoms in total. The molecular formula is C16H20N6OS. The summed E-state index contributed by atoms with van der Waals surface area (Å²) in [7, 11) is 0. The highest BCUT2D eigenvalue weighted by Crippen LogP contribution is 2.33. The van der Waals surface area contributed by atoms with Gasteiger partial charge in [0.25, 0.3) is 5.91 Å². The number of likely N-dealkylation sites (tertiary alicyclic amines) is 1. The van der Waals surface area contributed by atoms with E-state index in [1.54, 1.807) is 11.3 Å². The third-order valence-electron chi connectivity index (χ3n) is 5.30. The number of aromatic nitrogens is 4. The van der Waals surface area contributed by atoms with Gasteiger partial charge in [-0.05, 0) is 24.7 Å². The fourth-order valence-electron chi connectivity index (χ4n) is 3.92. The summed E-state index contributed by atoms with van der Waals surface area (Å²) < 4.78 is 2.05. The van der Waals surface area contributed by atoms with Crippen molar-refractivity contribution in [2.45, 2.75) is 38.4 Å². The molecule has 8 heteroatoms. The maximum absolute atomic E-state index is 12.3. The van der Waals surface area contributed by atoms with Crippen LogP contribution >= 0.6 is 11.3 Å². The Morgan fingerprint density at radius 3 is 2.92 bits per heavy atom. The molecule has 4 heterocycles. The van der Waals surface area contributed by atoms with E-state index >= 15 is 0 Å². The Hall–Kier alpha value is -1.80. The maximum atomic E-state index is 12.3. The van der Waals surface area contributed by atoms with E-state index < -0.39 is 0 Å². The van der Waals surface area contributed by atoms with Crippen LogP contribution in [-0.2, 0) is 19.5 Å². The summed E-state index contributed by atoms with van der Waals surface area (Å²) in [6.45, 7) is 3.93. The molecule has 2 aromatic heterocycles. The quantitative estimate of drug-likeness (QED) is 0.893. The first-order valence-corrected chi connectivity index (χ1v) is 9.48. The summed E-state index contributed by atoms with van der Waals surface area (Å²) in [5, 5.41) is 14.7. The van der Waals surface area contributed by atoms with Gasteiger partial charge in [0.1, 0.15) is 10.8 Å². The zero-order chi connectivity index (χ0) is 16.1. The standard InChI is InChI=1S/C16H20N6OS/c23-16(18-12-1-2-12)15-20-19-13-5-10-6-21(7-11(10)8-22(13)15)9-14-17-3-4-24-14/h3-4,10-12H,1-2,5-9H2,(H,18,23)/t10-,11+/m1/s1. The molecule has 1 amide bonds. The number of amides is 1. The lowest BCUT2D eigenvalue weighted by atomic mass is 9.89. The van der Waals surface area contributed by atoms with Crippen LogP contribution in [0.25, 0.3) is 0 Å². The highest BCUT2D eigenvalue weighted by molar-refractivity contribution is 7.09. The minimum atomic E-state index is -0.0626. The molecule has 3 aliphatic rings. The number of carbonyl (C=O) groups is 1. The van der Waals surface area contributed by atoms with Gasteiger partial charge in [-0.3, -0.25) is 9.69 Å². The van der Waals surface area contributed by atoms with Crippen LogP contribution in [0.1, 0.15) is 34.3 Å². The monoisotopic (exact) mass is 344 g/mol. The van der Waals surface area contributed by atoms with Crippen molar-refractivity contribution in [2.24, 2.45) is 11.8 Å². The summed E-state index contributed by atoms with van der Waals surface area (Å²) in [5.74, 6) is 2.58. The van der Waals surface area contributed by atoms with E-state index in [4.69, 9.17) is 0 Å². The Bertz CT molecular complexity index is 753. The van der Waals surface area contributed by atoms with Crippen molar-refractivity contribution < 1.29 is 4.79 Å². The first kappa shape index (κ1) is 14.5. The fraction of sp³-hybridized carbons (Fsp3) is 0.625. The first-order valence-electron chi connectivity index (χ1n) is 8.60.